The number of nitrogens with zero attached hydrogens (tertiary/aromatic N) is 1. The molecule has 1 unspecified atom stereocenters. The molecule has 1 saturated heterocycles. The highest BCUT2D eigenvalue weighted by molar-refractivity contribution is 5.87. The third-order valence-corrected chi connectivity index (χ3v) is 4.22. The van der Waals surface area contributed by atoms with Crippen LogP contribution in [-0.2, 0) is 14.4 Å². The van der Waals surface area contributed by atoms with E-state index in [0.29, 0.717) is 25.8 Å². The highest BCUT2D eigenvalue weighted by Gasteiger charge is 2.42. The van der Waals surface area contributed by atoms with Crippen LogP contribution in [-0.4, -0.2) is 46.9 Å². The lowest BCUT2D eigenvalue weighted by molar-refractivity contribution is -0.143. The van der Waals surface area contributed by atoms with Crippen molar-refractivity contribution in [2.45, 2.75) is 44.1 Å². The molecule has 1 saturated carbocycles. The van der Waals surface area contributed by atoms with Crippen LogP contribution in [0.1, 0.15) is 38.5 Å². The molecular formula is C13H20N2O4. The third-order valence-electron chi connectivity index (χ3n) is 4.22. The zero-order chi connectivity index (χ0) is 14.0. The minimum absolute atomic E-state index is 0.0210. The number of rotatable bonds is 4. The summed E-state index contributed by atoms with van der Waals surface area (Å²) in [7, 11) is 1.73. The zero-order valence-corrected chi connectivity index (χ0v) is 11.1. The average molecular weight is 268 g/mol. The first-order valence-corrected chi connectivity index (χ1v) is 6.70. The number of carboxylic acid groups (broad SMARTS) is 1. The Labute approximate surface area is 112 Å². The number of amides is 2. The van der Waals surface area contributed by atoms with Crippen LogP contribution in [0.5, 0.6) is 0 Å². The molecule has 1 aliphatic carbocycles. The van der Waals surface area contributed by atoms with Gasteiger partial charge in [0.05, 0.1) is 12.0 Å². The maximum atomic E-state index is 12.2. The second-order valence-electron chi connectivity index (χ2n) is 5.70. The number of carbonyl (C=O) groups is 3. The molecule has 1 atom stereocenters. The van der Waals surface area contributed by atoms with Gasteiger partial charge in [-0.2, -0.15) is 0 Å². The molecule has 19 heavy (non-hydrogen) atoms. The van der Waals surface area contributed by atoms with Crippen molar-refractivity contribution in [3.8, 4) is 0 Å². The fourth-order valence-corrected chi connectivity index (χ4v) is 2.77. The van der Waals surface area contributed by atoms with E-state index in [2.05, 4.69) is 5.32 Å². The maximum absolute atomic E-state index is 12.2. The minimum Gasteiger partial charge on any atom is -0.481 e. The van der Waals surface area contributed by atoms with Gasteiger partial charge in [0, 0.05) is 25.9 Å². The SMILES string of the molecule is CN1CCC(C(=O)NC2(CC(=O)O)CCC2)CC1=O. The molecule has 106 valence electrons. The molecule has 0 bridgehead atoms. The Balaban J connectivity index is 1.93. The quantitative estimate of drug-likeness (QED) is 0.771. The Morgan fingerprint density at radius 1 is 1.47 bits per heavy atom. The average Bonchev–Trinajstić information content (AvgIpc) is 2.29. The Morgan fingerprint density at radius 3 is 2.63 bits per heavy atom. The predicted molar refractivity (Wildman–Crippen MR) is 67.3 cm³/mol. The van der Waals surface area contributed by atoms with Crippen molar-refractivity contribution in [2.24, 2.45) is 5.92 Å². The Morgan fingerprint density at radius 2 is 2.16 bits per heavy atom. The molecule has 0 aromatic heterocycles. The molecule has 2 aliphatic rings. The van der Waals surface area contributed by atoms with E-state index >= 15 is 0 Å². The summed E-state index contributed by atoms with van der Waals surface area (Å²) < 4.78 is 0. The number of carboxylic acids is 1. The summed E-state index contributed by atoms with van der Waals surface area (Å²) in [5.41, 5.74) is -0.574. The Bertz CT molecular complexity index is 403. The van der Waals surface area contributed by atoms with Crippen LogP contribution in [0.3, 0.4) is 0 Å². The topological polar surface area (TPSA) is 86.7 Å². The number of carbonyl (C=O) groups excluding carboxylic acids is 2. The monoisotopic (exact) mass is 268 g/mol. The number of hydrogen-bond donors (Lipinski definition) is 2. The van der Waals surface area contributed by atoms with Crippen LogP contribution in [0.25, 0.3) is 0 Å². The van der Waals surface area contributed by atoms with Crippen LogP contribution in [0.15, 0.2) is 0 Å². The summed E-state index contributed by atoms with van der Waals surface area (Å²) in [6, 6.07) is 0. The van der Waals surface area contributed by atoms with E-state index in [1.54, 1.807) is 11.9 Å². The Hall–Kier alpha value is -1.59. The molecule has 2 fully saturated rings. The van der Waals surface area contributed by atoms with Crippen molar-refractivity contribution in [3.63, 3.8) is 0 Å². The lowest BCUT2D eigenvalue weighted by Gasteiger charge is -2.42. The molecule has 2 amide bonds. The van der Waals surface area contributed by atoms with Crippen LogP contribution in [0.2, 0.25) is 0 Å². The summed E-state index contributed by atoms with van der Waals surface area (Å²) >= 11 is 0. The van der Waals surface area contributed by atoms with Gasteiger partial charge in [0.25, 0.3) is 0 Å². The van der Waals surface area contributed by atoms with E-state index in [1.165, 1.54) is 0 Å². The van der Waals surface area contributed by atoms with Crippen LogP contribution >= 0.6 is 0 Å². The fraction of sp³-hybridized carbons (Fsp3) is 0.769. The van der Waals surface area contributed by atoms with Gasteiger partial charge in [-0.1, -0.05) is 0 Å². The molecule has 1 heterocycles. The zero-order valence-electron chi connectivity index (χ0n) is 11.1. The maximum Gasteiger partial charge on any atom is 0.305 e. The van der Waals surface area contributed by atoms with Gasteiger partial charge in [-0.25, -0.2) is 0 Å². The summed E-state index contributed by atoms with van der Waals surface area (Å²) in [5, 5.41) is 11.8. The first-order valence-electron chi connectivity index (χ1n) is 6.70. The highest BCUT2D eigenvalue weighted by atomic mass is 16.4. The van der Waals surface area contributed by atoms with E-state index in [1.807, 2.05) is 0 Å². The first-order chi connectivity index (χ1) is 8.92. The summed E-state index contributed by atoms with van der Waals surface area (Å²) in [6.07, 6.45) is 3.22. The van der Waals surface area contributed by atoms with Crippen molar-refractivity contribution >= 4 is 17.8 Å². The molecule has 1 aliphatic heterocycles. The van der Waals surface area contributed by atoms with E-state index in [0.717, 1.165) is 6.42 Å². The lowest BCUT2D eigenvalue weighted by atomic mass is 9.74. The van der Waals surface area contributed by atoms with Gasteiger partial charge in [0.1, 0.15) is 0 Å². The molecule has 0 aromatic rings. The molecule has 6 heteroatoms. The second-order valence-corrected chi connectivity index (χ2v) is 5.70. The smallest absolute Gasteiger partial charge is 0.305 e. The van der Waals surface area contributed by atoms with Gasteiger partial charge in [-0.05, 0) is 25.7 Å². The number of hydrogen-bond acceptors (Lipinski definition) is 3. The number of likely N-dealkylation sites (tertiary alicyclic amines) is 1. The van der Waals surface area contributed by atoms with Gasteiger partial charge in [-0.3, -0.25) is 14.4 Å². The first kappa shape index (κ1) is 13.8. The van der Waals surface area contributed by atoms with Crippen molar-refractivity contribution < 1.29 is 19.5 Å². The molecular weight excluding hydrogens is 248 g/mol. The summed E-state index contributed by atoms with van der Waals surface area (Å²) in [5.74, 6) is -1.39. The second kappa shape index (κ2) is 5.19. The van der Waals surface area contributed by atoms with E-state index in [4.69, 9.17) is 5.11 Å². The number of piperidine rings is 1. The van der Waals surface area contributed by atoms with Crippen molar-refractivity contribution in [1.29, 1.82) is 0 Å². The lowest BCUT2D eigenvalue weighted by Crippen LogP contribution is -2.57. The molecule has 2 rings (SSSR count). The molecule has 0 aromatic carbocycles. The van der Waals surface area contributed by atoms with Crippen LogP contribution in [0.4, 0.5) is 0 Å². The molecule has 0 radical (unpaired) electrons. The normalized spacial score (nSPS) is 25.6. The van der Waals surface area contributed by atoms with Crippen molar-refractivity contribution in [2.75, 3.05) is 13.6 Å². The van der Waals surface area contributed by atoms with Crippen molar-refractivity contribution in [3.05, 3.63) is 0 Å². The predicted octanol–water partition coefficient (Wildman–Crippen LogP) is 0.368. The highest BCUT2D eigenvalue weighted by Crippen LogP contribution is 2.35. The largest absolute Gasteiger partial charge is 0.481 e. The number of nitrogens with one attached hydrogen (secondary N) is 1. The van der Waals surface area contributed by atoms with Gasteiger partial charge in [0.15, 0.2) is 0 Å². The van der Waals surface area contributed by atoms with E-state index in [-0.39, 0.29) is 30.6 Å². The fourth-order valence-electron chi connectivity index (χ4n) is 2.77. The van der Waals surface area contributed by atoms with E-state index < -0.39 is 11.5 Å². The van der Waals surface area contributed by atoms with Crippen LogP contribution in [0, 0.1) is 5.92 Å². The summed E-state index contributed by atoms with van der Waals surface area (Å²) in [4.78, 5) is 36.2. The molecule has 0 spiro atoms. The molecule has 6 nitrogen and oxygen atoms in total. The van der Waals surface area contributed by atoms with Crippen molar-refractivity contribution in [1.82, 2.24) is 10.2 Å². The van der Waals surface area contributed by atoms with Gasteiger partial charge in [0.2, 0.25) is 11.8 Å². The third kappa shape index (κ3) is 3.05. The Kier molecular flexibility index (Phi) is 3.78. The van der Waals surface area contributed by atoms with Crippen LogP contribution < -0.4 is 5.32 Å². The summed E-state index contributed by atoms with van der Waals surface area (Å²) in [6.45, 7) is 0.586. The van der Waals surface area contributed by atoms with Gasteiger partial charge >= 0.3 is 5.97 Å². The minimum atomic E-state index is -0.889. The van der Waals surface area contributed by atoms with Gasteiger partial charge in [-0.15, -0.1) is 0 Å². The standard InChI is InChI=1S/C13H20N2O4/c1-15-6-3-9(7-10(15)16)12(19)14-13(4-2-5-13)8-11(17)18/h9H,2-8H2,1H3,(H,14,19)(H,17,18). The number of aliphatic carboxylic acids is 1. The van der Waals surface area contributed by atoms with Gasteiger partial charge < -0.3 is 15.3 Å². The van der Waals surface area contributed by atoms with E-state index in [9.17, 15) is 14.4 Å². The molecule has 2 N–H and O–H groups in total.